The number of nitrogens with zero attached hydrogens (tertiary/aromatic N) is 2. The summed E-state index contributed by atoms with van der Waals surface area (Å²) in [7, 11) is 1.87. The minimum atomic E-state index is -0.411. The molecule has 1 aliphatic carbocycles. The van der Waals surface area contributed by atoms with Gasteiger partial charge in [0.05, 0.1) is 23.6 Å². The third-order valence-electron chi connectivity index (χ3n) is 4.60. The largest absolute Gasteiger partial charge is 0.508 e. The van der Waals surface area contributed by atoms with Crippen molar-refractivity contribution in [2.24, 2.45) is 5.92 Å². The van der Waals surface area contributed by atoms with E-state index in [0.717, 1.165) is 18.4 Å². The van der Waals surface area contributed by atoms with Gasteiger partial charge in [-0.25, -0.2) is 0 Å². The van der Waals surface area contributed by atoms with E-state index in [0.29, 0.717) is 13.0 Å². The number of nitrogens with one attached hydrogen (secondary N) is 1. The summed E-state index contributed by atoms with van der Waals surface area (Å²) in [6.45, 7) is 0.612. The maximum absolute atomic E-state index is 12.5. The molecule has 2 unspecified atom stereocenters. The van der Waals surface area contributed by atoms with Crippen LogP contribution in [0.2, 0.25) is 0 Å². The smallest absolute Gasteiger partial charge is 0.225 e. The molecule has 1 amide bonds. The lowest BCUT2D eigenvalue weighted by molar-refractivity contribution is -0.125. The lowest BCUT2D eigenvalue weighted by atomic mass is 10.0. The van der Waals surface area contributed by atoms with Crippen molar-refractivity contribution in [2.45, 2.75) is 30.8 Å². The van der Waals surface area contributed by atoms with Crippen molar-refractivity contribution in [3.8, 4) is 11.8 Å². The number of amides is 1. The Morgan fingerprint density at radius 2 is 2.19 bits per heavy atom. The molecule has 0 bridgehead atoms. The monoisotopic (exact) mass is 285 g/mol. The molecule has 0 aromatic heterocycles. The van der Waals surface area contributed by atoms with E-state index in [1.165, 1.54) is 0 Å². The summed E-state index contributed by atoms with van der Waals surface area (Å²) in [6, 6.07) is 9.21. The van der Waals surface area contributed by atoms with E-state index in [2.05, 4.69) is 11.4 Å². The molecule has 2 aliphatic rings. The summed E-state index contributed by atoms with van der Waals surface area (Å²) in [5.41, 5.74) is 0.382. The molecule has 110 valence electrons. The lowest BCUT2D eigenvalue weighted by Gasteiger charge is -2.21. The molecule has 3 rings (SSSR count). The Labute approximate surface area is 124 Å². The van der Waals surface area contributed by atoms with Crippen molar-refractivity contribution in [3.63, 3.8) is 0 Å². The fraction of sp³-hybridized carbons (Fsp3) is 0.500. The van der Waals surface area contributed by atoms with Crippen LogP contribution in [0.1, 0.15) is 24.8 Å². The Hall–Kier alpha value is -2.06. The highest BCUT2D eigenvalue weighted by Crippen LogP contribution is 2.48. The third-order valence-corrected chi connectivity index (χ3v) is 4.60. The molecule has 5 heteroatoms. The zero-order chi connectivity index (χ0) is 15.0. The van der Waals surface area contributed by atoms with Gasteiger partial charge in [-0.15, -0.1) is 0 Å². The van der Waals surface area contributed by atoms with E-state index < -0.39 is 5.54 Å². The number of rotatable bonds is 3. The molecule has 1 aliphatic heterocycles. The standard InChI is InChI=1S/C16H19N3O2/c1-19-10-11(8-12(19)9-17)15(21)18-16(6-7-16)13-4-2-3-5-14(13)20/h2-5,11-12,20H,6-8,10H2,1H3,(H,18,21). The number of benzene rings is 1. The average molecular weight is 285 g/mol. The van der Waals surface area contributed by atoms with Crippen LogP contribution in [0.15, 0.2) is 24.3 Å². The normalized spacial score (nSPS) is 27.0. The zero-order valence-electron chi connectivity index (χ0n) is 12.0. The highest BCUT2D eigenvalue weighted by molar-refractivity contribution is 5.81. The molecular weight excluding hydrogens is 266 g/mol. The van der Waals surface area contributed by atoms with E-state index in [-0.39, 0.29) is 23.6 Å². The van der Waals surface area contributed by atoms with Crippen molar-refractivity contribution in [1.29, 1.82) is 5.26 Å². The molecule has 1 heterocycles. The zero-order valence-corrected chi connectivity index (χ0v) is 12.0. The first-order valence-corrected chi connectivity index (χ1v) is 7.26. The quantitative estimate of drug-likeness (QED) is 0.878. The molecule has 2 fully saturated rings. The van der Waals surface area contributed by atoms with Gasteiger partial charge in [0.2, 0.25) is 5.91 Å². The van der Waals surface area contributed by atoms with Gasteiger partial charge < -0.3 is 10.4 Å². The number of hydrogen-bond donors (Lipinski definition) is 2. The van der Waals surface area contributed by atoms with Gasteiger partial charge in [-0.2, -0.15) is 5.26 Å². The maximum Gasteiger partial charge on any atom is 0.225 e. The van der Waals surface area contributed by atoms with Gasteiger partial charge in [0, 0.05) is 12.1 Å². The van der Waals surface area contributed by atoms with E-state index >= 15 is 0 Å². The number of carbonyl (C=O) groups excluding carboxylic acids is 1. The molecule has 5 nitrogen and oxygen atoms in total. The Morgan fingerprint density at radius 1 is 1.48 bits per heavy atom. The predicted molar refractivity (Wildman–Crippen MR) is 77.3 cm³/mol. The van der Waals surface area contributed by atoms with E-state index in [4.69, 9.17) is 5.26 Å². The van der Waals surface area contributed by atoms with Crippen LogP contribution in [-0.2, 0) is 10.3 Å². The fourth-order valence-corrected chi connectivity index (χ4v) is 3.14. The average Bonchev–Trinajstić information content (AvgIpc) is 3.13. The van der Waals surface area contributed by atoms with Crippen molar-refractivity contribution in [2.75, 3.05) is 13.6 Å². The fourth-order valence-electron chi connectivity index (χ4n) is 3.14. The first-order chi connectivity index (χ1) is 10.1. The molecule has 2 N–H and O–H groups in total. The summed E-state index contributed by atoms with van der Waals surface area (Å²) in [4.78, 5) is 14.4. The second-order valence-electron chi connectivity index (χ2n) is 6.11. The van der Waals surface area contributed by atoms with Gasteiger partial charge in [0.15, 0.2) is 0 Å². The first-order valence-electron chi connectivity index (χ1n) is 7.26. The summed E-state index contributed by atoms with van der Waals surface area (Å²) in [5, 5.41) is 22.1. The van der Waals surface area contributed by atoms with Crippen LogP contribution in [0.4, 0.5) is 0 Å². The van der Waals surface area contributed by atoms with E-state index in [9.17, 15) is 9.90 Å². The van der Waals surface area contributed by atoms with Gasteiger partial charge >= 0.3 is 0 Å². The third kappa shape index (κ3) is 2.47. The molecule has 1 saturated heterocycles. The molecular formula is C16H19N3O2. The number of aromatic hydroxyl groups is 1. The lowest BCUT2D eigenvalue weighted by Crippen LogP contribution is -2.39. The van der Waals surface area contributed by atoms with Crippen LogP contribution < -0.4 is 5.32 Å². The van der Waals surface area contributed by atoms with Crippen LogP contribution in [-0.4, -0.2) is 35.5 Å². The van der Waals surface area contributed by atoms with Gasteiger partial charge in [-0.1, -0.05) is 18.2 Å². The molecule has 1 saturated carbocycles. The minimum Gasteiger partial charge on any atom is -0.508 e. The van der Waals surface area contributed by atoms with Crippen molar-refractivity contribution in [3.05, 3.63) is 29.8 Å². The number of hydrogen-bond acceptors (Lipinski definition) is 4. The number of phenols is 1. The van der Waals surface area contributed by atoms with Crippen molar-refractivity contribution in [1.82, 2.24) is 10.2 Å². The molecule has 2 atom stereocenters. The second-order valence-corrected chi connectivity index (χ2v) is 6.11. The van der Waals surface area contributed by atoms with Crippen molar-refractivity contribution < 1.29 is 9.90 Å². The minimum absolute atomic E-state index is 0.0136. The van der Waals surface area contributed by atoms with Gasteiger partial charge in [-0.05, 0) is 32.4 Å². The van der Waals surface area contributed by atoms with Gasteiger partial charge in [-0.3, -0.25) is 9.69 Å². The summed E-state index contributed by atoms with van der Waals surface area (Å²) >= 11 is 0. The Balaban J connectivity index is 1.72. The number of likely N-dealkylation sites (tertiary alicyclic amines) is 1. The topological polar surface area (TPSA) is 76.4 Å². The van der Waals surface area contributed by atoms with E-state index in [1.807, 2.05) is 24.1 Å². The summed E-state index contributed by atoms with van der Waals surface area (Å²) < 4.78 is 0. The maximum atomic E-state index is 12.5. The van der Waals surface area contributed by atoms with Crippen LogP contribution in [0, 0.1) is 17.2 Å². The van der Waals surface area contributed by atoms with Gasteiger partial charge in [0.1, 0.15) is 5.75 Å². The summed E-state index contributed by atoms with van der Waals surface area (Å²) in [5.74, 6) is 0.0667. The predicted octanol–water partition coefficient (Wildman–Crippen LogP) is 1.34. The molecule has 1 aromatic rings. The second kappa shape index (κ2) is 5.05. The van der Waals surface area contributed by atoms with Crippen LogP contribution in [0.5, 0.6) is 5.75 Å². The number of carbonyl (C=O) groups is 1. The molecule has 0 spiro atoms. The van der Waals surface area contributed by atoms with E-state index in [1.54, 1.807) is 12.1 Å². The highest BCUT2D eigenvalue weighted by atomic mass is 16.3. The molecule has 0 radical (unpaired) electrons. The van der Waals surface area contributed by atoms with Crippen LogP contribution in [0.3, 0.4) is 0 Å². The molecule has 1 aromatic carbocycles. The number of phenolic OH excluding ortho intramolecular Hbond substituents is 1. The van der Waals surface area contributed by atoms with Crippen molar-refractivity contribution >= 4 is 5.91 Å². The number of nitriles is 1. The Kier molecular flexibility index (Phi) is 3.34. The Morgan fingerprint density at radius 3 is 2.76 bits per heavy atom. The Bertz CT molecular complexity index is 604. The number of para-hydroxylation sites is 1. The SMILES string of the molecule is CN1CC(C(=O)NC2(c3ccccc3O)CC2)CC1C#N. The van der Waals surface area contributed by atoms with Gasteiger partial charge in [0.25, 0.3) is 0 Å². The highest BCUT2D eigenvalue weighted by Gasteiger charge is 2.48. The van der Waals surface area contributed by atoms with Crippen LogP contribution in [0.25, 0.3) is 0 Å². The summed E-state index contributed by atoms with van der Waals surface area (Å²) in [6.07, 6.45) is 2.27. The first kappa shape index (κ1) is 13.9. The van der Waals surface area contributed by atoms with Crippen LogP contribution >= 0.6 is 0 Å². The molecule has 21 heavy (non-hydrogen) atoms.